The number of carbonyl (C=O) groups is 3. The second-order valence-electron chi connectivity index (χ2n) is 13.1. The zero-order chi connectivity index (χ0) is 40.9. The van der Waals surface area contributed by atoms with E-state index >= 15 is 8.78 Å². The third-order valence-corrected chi connectivity index (χ3v) is 9.24. The van der Waals surface area contributed by atoms with Gasteiger partial charge in [-0.2, -0.15) is 13.9 Å². The fraction of sp³-hybridized carbons (Fsp3) is 0.256. The van der Waals surface area contributed by atoms with Crippen LogP contribution in [0.25, 0.3) is 22.4 Å². The van der Waals surface area contributed by atoms with Gasteiger partial charge in [0, 0.05) is 42.4 Å². The number of hydrogen-bond donors (Lipinski definition) is 2. The molecule has 0 spiro atoms. The van der Waals surface area contributed by atoms with Crippen LogP contribution in [0.15, 0.2) is 66.7 Å². The fourth-order valence-electron chi connectivity index (χ4n) is 6.77. The Kier molecular flexibility index (Phi) is 11.7. The average molecular weight is 808 g/mol. The van der Waals surface area contributed by atoms with Crippen LogP contribution >= 0.6 is 0 Å². The number of ketones is 1. The van der Waals surface area contributed by atoms with Crippen LogP contribution in [0.5, 0.6) is 0 Å². The van der Waals surface area contributed by atoms with Gasteiger partial charge in [0.05, 0.1) is 28.1 Å². The van der Waals surface area contributed by atoms with Crippen molar-refractivity contribution >= 4 is 17.6 Å². The first-order valence-corrected chi connectivity index (χ1v) is 16.6. The molecule has 1 aliphatic carbocycles. The van der Waals surface area contributed by atoms with Gasteiger partial charge in [-0.1, -0.05) is 19.6 Å². The molecule has 2 aromatic heterocycles. The first kappa shape index (κ1) is 42.1. The molecule has 0 aliphatic heterocycles. The Morgan fingerprint density at radius 3 is 1.88 bits per heavy atom. The zero-order valence-electron chi connectivity index (χ0n) is 28.5. The second kappa shape index (κ2) is 15.8. The molecule has 57 heavy (non-hydrogen) atoms. The monoisotopic (exact) mass is 807 g/mol. The molecule has 4 N–H and O–H groups in total. The Labute approximate surface area is 317 Å². The summed E-state index contributed by atoms with van der Waals surface area (Å²) in [7, 11) is 0. The molecule has 8 nitrogen and oxygen atoms in total. The van der Waals surface area contributed by atoms with Gasteiger partial charge in [-0.15, -0.1) is 0 Å². The second-order valence-corrected chi connectivity index (χ2v) is 13.1. The largest absolute Gasteiger partial charge is 0.366 e. The summed E-state index contributed by atoms with van der Waals surface area (Å²) in [4.78, 5) is 42.5. The maximum atomic E-state index is 15.1. The molecular weight excluding hydrogens is 776 g/mol. The highest BCUT2D eigenvalue weighted by atomic mass is 19.3. The number of pyridine rings is 1. The summed E-state index contributed by atoms with van der Waals surface area (Å²) in [6.45, 7) is -1.23. The fourth-order valence-corrected chi connectivity index (χ4v) is 6.77. The number of nitrogens with zero attached hydrogens (tertiary/aromatic N) is 3. The van der Waals surface area contributed by atoms with E-state index in [4.69, 9.17) is 11.5 Å². The van der Waals surface area contributed by atoms with Gasteiger partial charge in [0.1, 0.15) is 41.2 Å². The lowest BCUT2D eigenvalue weighted by Gasteiger charge is -2.29. The summed E-state index contributed by atoms with van der Waals surface area (Å²) in [6, 6.07) is 11.4. The first-order chi connectivity index (χ1) is 26.2. The Balaban J connectivity index is 0.00000620. The summed E-state index contributed by atoms with van der Waals surface area (Å²) in [5, 5.41) is 3.32. The quantitative estimate of drug-likeness (QED) is 0.122. The number of halogens is 10. The predicted octanol–water partition coefficient (Wildman–Crippen LogP) is 8.90. The summed E-state index contributed by atoms with van der Waals surface area (Å²) < 4.78 is 146. The van der Waals surface area contributed by atoms with Gasteiger partial charge in [-0.25, -0.2) is 35.1 Å². The van der Waals surface area contributed by atoms with E-state index in [0.29, 0.717) is 6.07 Å². The highest BCUT2D eigenvalue weighted by molar-refractivity contribution is 5.95. The molecule has 1 atom stereocenters. The SMILES string of the molecule is C.NC(=O)c1cc(-c2ccc(-c3ccc(F)c(C(N)=O)c3)c([C@@H](CC(=O)Cn3nc(C(F)F)c4c3C(F)(F)CCC4(F)F)Cc3cc(F)cc(F)c3)n2)ccc1F. The highest BCUT2D eigenvalue weighted by Gasteiger charge is 2.55. The van der Waals surface area contributed by atoms with E-state index in [2.05, 4.69) is 10.1 Å². The lowest BCUT2D eigenvalue weighted by Crippen LogP contribution is -2.33. The third-order valence-electron chi connectivity index (χ3n) is 9.24. The normalized spacial score (nSPS) is 14.8. The number of hydrogen-bond acceptors (Lipinski definition) is 5. The van der Waals surface area contributed by atoms with Gasteiger partial charge < -0.3 is 11.5 Å². The number of aromatic nitrogens is 3. The first-order valence-electron chi connectivity index (χ1n) is 16.6. The van der Waals surface area contributed by atoms with Crippen LogP contribution in [0.3, 0.4) is 0 Å². The topological polar surface area (TPSA) is 134 Å². The molecule has 5 aromatic rings. The van der Waals surface area contributed by atoms with Crippen LogP contribution in [0.2, 0.25) is 0 Å². The van der Waals surface area contributed by atoms with E-state index in [9.17, 15) is 49.5 Å². The number of amides is 2. The maximum Gasteiger partial charge on any atom is 0.290 e. The lowest BCUT2D eigenvalue weighted by atomic mass is 9.86. The maximum absolute atomic E-state index is 15.1. The van der Waals surface area contributed by atoms with Gasteiger partial charge in [-0.3, -0.25) is 24.0 Å². The van der Waals surface area contributed by atoms with Crippen molar-refractivity contribution < 1.29 is 58.3 Å². The molecule has 0 radical (unpaired) electrons. The summed E-state index contributed by atoms with van der Waals surface area (Å²) in [6.07, 6.45) is -7.85. The van der Waals surface area contributed by atoms with Crippen LogP contribution in [0.1, 0.15) is 88.0 Å². The summed E-state index contributed by atoms with van der Waals surface area (Å²) >= 11 is 0. The van der Waals surface area contributed by atoms with Crippen molar-refractivity contribution in [2.24, 2.45) is 11.5 Å². The minimum atomic E-state index is -4.12. The summed E-state index contributed by atoms with van der Waals surface area (Å²) in [5.74, 6) is -17.0. The number of alkyl halides is 6. The van der Waals surface area contributed by atoms with Crippen molar-refractivity contribution in [2.75, 3.05) is 0 Å². The van der Waals surface area contributed by atoms with Crippen molar-refractivity contribution in [1.82, 2.24) is 14.8 Å². The van der Waals surface area contributed by atoms with Crippen LogP contribution < -0.4 is 11.5 Å². The van der Waals surface area contributed by atoms with Gasteiger partial charge >= 0.3 is 0 Å². The van der Waals surface area contributed by atoms with E-state index in [1.165, 1.54) is 24.3 Å². The Bertz CT molecular complexity index is 2380. The van der Waals surface area contributed by atoms with Gasteiger partial charge in [-0.05, 0) is 66.1 Å². The molecule has 6 rings (SSSR count). The number of nitrogens with two attached hydrogens (primary N) is 2. The van der Waals surface area contributed by atoms with Gasteiger partial charge in [0.25, 0.3) is 30.1 Å². The molecule has 1 aliphatic rings. The van der Waals surface area contributed by atoms with Crippen LogP contribution in [-0.2, 0) is 29.6 Å². The van der Waals surface area contributed by atoms with E-state index < -0.39 is 125 Å². The summed E-state index contributed by atoms with van der Waals surface area (Å²) in [5.41, 5.74) is 4.70. The molecule has 2 heterocycles. The molecule has 0 saturated carbocycles. The van der Waals surface area contributed by atoms with Gasteiger partial charge in [0.2, 0.25) is 0 Å². The highest BCUT2D eigenvalue weighted by Crippen LogP contribution is 2.52. The van der Waals surface area contributed by atoms with Crippen LogP contribution in [0, 0.1) is 23.3 Å². The van der Waals surface area contributed by atoms with Crippen molar-refractivity contribution in [3.8, 4) is 22.4 Å². The molecule has 0 fully saturated rings. The number of carbonyl (C=O) groups excluding carboxylic acids is 3. The standard InChI is InChI=1S/C38H27F10N5O3.CH4/c39-21-10-17(11-22(40)15-21)9-20(12-23(54)16-53-33-30(32(52-53)34(43)44)37(45,46)7-8-38(33,47)48)31-24(18-1-4-27(41)25(13-18)35(49)55)3-6-29(51-31)19-2-5-28(42)26(14-19)36(50)56;/h1-6,10-11,13-15,20,34H,7-9,12,16H2,(H2,49,55)(H2,50,56);1H4/t20-;/m1./s1. The predicted molar refractivity (Wildman–Crippen MR) is 185 cm³/mol. The lowest BCUT2D eigenvalue weighted by molar-refractivity contribution is -0.121. The smallest absolute Gasteiger partial charge is 0.290 e. The van der Waals surface area contributed by atoms with Crippen molar-refractivity contribution in [1.29, 1.82) is 0 Å². The molecule has 0 unspecified atom stereocenters. The molecule has 0 bridgehead atoms. The molecule has 3 aromatic carbocycles. The van der Waals surface area contributed by atoms with Crippen molar-refractivity contribution in [3.05, 3.63) is 129 Å². The van der Waals surface area contributed by atoms with Crippen molar-refractivity contribution in [3.63, 3.8) is 0 Å². The zero-order valence-corrected chi connectivity index (χ0v) is 28.5. The van der Waals surface area contributed by atoms with Crippen molar-refractivity contribution in [2.45, 2.75) is 63.8 Å². The average Bonchev–Trinajstić information content (AvgIpc) is 3.52. The van der Waals surface area contributed by atoms with E-state index in [-0.39, 0.29) is 45.8 Å². The Morgan fingerprint density at radius 2 is 1.30 bits per heavy atom. The van der Waals surface area contributed by atoms with E-state index in [1.54, 1.807) is 0 Å². The van der Waals surface area contributed by atoms with E-state index in [0.717, 1.165) is 36.4 Å². The van der Waals surface area contributed by atoms with Crippen LogP contribution in [0.4, 0.5) is 43.9 Å². The van der Waals surface area contributed by atoms with E-state index in [1.807, 2.05) is 0 Å². The minimum Gasteiger partial charge on any atom is -0.366 e. The van der Waals surface area contributed by atoms with Gasteiger partial charge in [0.15, 0.2) is 5.78 Å². The Morgan fingerprint density at radius 1 is 0.737 bits per heavy atom. The number of fused-ring (bicyclic) bond motifs is 1. The Hall–Kier alpha value is -6.07. The molecule has 300 valence electrons. The molecule has 0 saturated heterocycles. The number of primary amides is 2. The number of rotatable bonds is 12. The number of Topliss-reactive ketones (excluding diaryl/α,β-unsaturated/α-hetero) is 1. The molecule has 2 amide bonds. The molecule has 18 heteroatoms. The number of benzene rings is 3. The minimum absolute atomic E-state index is 0. The van der Waals surface area contributed by atoms with Crippen LogP contribution in [-0.4, -0.2) is 32.4 Å². The molecular formula is C39H31F10N5O3. The third kappa shape index (κ3) is 8.53.